The van der Waals surface area contributed by atoms with Gasteiger partial charge in [0.05, 0.1) is 5.39 Å². The van der Waals surface area contributed by atoms with E-state index in [4.69, 9.17) is 0 Å². The highest BCUT2D eigenvalue weighted by Gasteiger charge is 2.28. The fourth-order valence-corrected chi connectivity index (χ4v) is 3.67. The van der Waals surface area contributed by atoms with Crippen molar-refractivity contribution in [2.75, 3.05) is 0 Å². The summed E-state index contributed by atoms with van der Waals surface area (Å²) in [6.07, 6.45) is 3.11. The minimum atomic E-state index is -1.31. The molecule has 0 bridgehead atoms. The fourth-order valence-electron chi connectivity index (χ4n) is 3.67. The van der Waals surface area contributed by atoms with E-state index in [1.807, 2.05) is 18.2 Å². The van der Waals surface area contributed by atoms with E-state index in [-0.39, 0.29) is 22.7 Å². The van der Waals surface area contributed by atoms with E-state index in [0.29, 0.717) is 11.2 Å². The number of halogens is 1. The number of carboxylic acid groups (broad SMARTS) is 1. The molecule has 1 aromatic carbocycles. The summed E-state index contributed by atoms with van der Waals surface area (Å²) in [5.74, 6) is -1.94. The zero-order valence-electron chi connectivity index (χ0n) is 14.3. The van der Waals surface area contributed by atoms with Crippen LogP contribution in [-0.2, 0) is 13.1 Å². The van der Waals surface area contributed by atoms with Crippen molar-refractivity contribution < 1.29 is 14.3 Å². The van der Waals surface area contributed by atoms with Crippen LogP contribution in [0.3, 0.4) is 0 Å². The molecule has 5 rings (SSSR count). The van der Waals surface area contributed by atoms with Crippen molar-refractivity contribution in [3.8, 4) is 11.3 Å². The quantitative estimate of drug-likeness (QED) is 0.746. The molecule has 0 spiro atoms. The number of aromatic carboxylic acids is 1. The zero-order valence-corrected chi connectivity index (χ0v) is 14.3. The van der Waals surface area contributed by atoms with E-state index in [2.05, 4.69) is 10.3 Å². The molecule has 1 saturated carbocycles. The highest BCUT2D eigenvalue weighted by atomic mass is 19.1. The maximum absolute atomic E-state index is 14.8. The molecule has 0 unspecified atom stereocenters. The predicted molar refractivity (Wildman–Crippen MR) is 97.2 cm³/mol. The number of nitrogens with one attached hydrogen (secondary N) is 1. The van der Waals surface area contributed by atoms with Gasteiger partial charge in [-0.3, -0.25) is 4.79 Å². The van der Waals surface area contributed by atoms with Gasteiger partial charge in [0.1, 0.15) is 22.7 Å². The second-order valence-electron chi connectivity index (χ2n) is 7.09. The van der Waals surface area contributed by atoms with Crippen LogP contribution in [0, 0.1) is 5.82 Å². The van der Waals surface area contributed by atoms with Gasteiger partial charge in [0, 0.05) is 30.9 Å². The number of nitrogens with zero attached hydrogens (tertiary/aromatic N) is 2. The van der Waals surface area contributed by atoms with E-state index in [1.54, 1.807) is 4.57 Å². The Morgan fingerprint density at radius 1 is 1.22 bits per heavy atom. The second-order valence-corrected chi connectivity index (χ2v) is 7.09. The summed E-state index contributed by atoms with van der Waals surface area (Å²) in [7, 11) is 0. The van der Waals surface area contributed by atoms with E-state index in [9.17, 15) is 19.1 Å². The molecule has 2 aromatic heterocycles. The van der Waals surface area contributed by atoms with Gasteiger partial charge < -0.3 is 15.0 Å². The summed E-state index contributed by atoms with van der Waals surface area (Å²) in [6.45, 7) is 1.52. The topological polar surface area (TPSA) is 84.2 Å². The fraction of sp³-hybridized carbons (Fsp3) is 0.250. The SMILES string of the molecule is O=C(O)c1cn(C2CC2)c2nc(-c3ccc4c(c3)CNC4)c(F)cc2c1=O. The maximum Gasteiger partial charge on any atom is 0.341 e. The number of benzene rings is 1. The molecule has 0 amide bonds. The number of pyridine rings is 2. The molecule has 3 aromatic rings. The van der Waals surface area contributed by atoms with Crippen molar-refractivity contribution in [2.24, 2.45) is 0 Å². The third kappa shape index (κ3) is 2.54. The number of rotatable bonds is 3. The van der Waals surface area contributed by atoms with E-state index in [1.165, 1.54) is 11.8 Å². The standard InChI is InChI=1S/C20H16FN3O3/c21-16-6-14-18(25)15(20(26)27)9-24(13-3-4-13)19(14)23-17(16)10-1-2-11-7-22-8-12(11)5-10/h1-2,5-6,9,13,22H,3-4,7-8H2,(H,26,27). The van der Waals surface area contributed by atoms with Crippen molar-refractivity contribution >= 4 is 17.0 Å². The van der Waals surface area contributed by atoms with Gasteiger partial charge in [-0.25, -0.2) is 14.2 Å². The van der Waals surface area contributed by atoms with E-state index < -0.39 is 17.2 Å². The molecule has 1 fully saturated rings. The Kier molecular flexibility index (Phi) is 3.42. The third-order valence-electron chi connectivity index (χ3n) is 5.24. The van der Waals surface area contributed by atoms with Crippen LogP contribution < -0.4 is 10.7 Å². The Hall–Kier alpha value is -3.06. The lowest BCUT2D eigenvalue weighted by molar-refractivity contribution is 0.0695. The van der Waals surface area contributed by atoms with Crippen LogP contribution in [0.4, 0.5) is 4.39 Å². The lowest BCUT2D eigenvalue weighted by Crippen LogP contribution is -2.19. The lowest BCUT2D eigenvalue weighted by atomic mass is 10.0. The molecule has 6 nitrogen and oxygen atoms in total. The summed E-state index contributed by atoms with van der Waals surface area (Å²) >= 11 is 0. The molecule has 2 N–H and O–H groups in total. The molecule has 1 aliphatic heterocycles. The van der Waals surface area contributed by atoms with Crippen LogP contribution >= 0.6 is 0 Å². The third-order valence-corrected chi connectivity index (χ3v) is 5.24. The molecule has 0 saturated heterocycles. The first kappa shape index (κ1) is 16.1. The Morgan fingerprint density at radius 2 is 2.00 bits per heavy atom. The molecule has 1 aliphatic carbocycles. The molecule has 136 valence electrons. The number of hydrogen-bond acceptors (Lipinski definition) is 4. The molecule has 0 radical (unpaired) electrons. The largest absolute Gasteiger partial charge is 0.477 e. The lowest BCUT2D eigenvalue weighted by Gasteiger charge is -2.13. The second kappa shape index (κ2) is 5.72. The first-order valence-electron chi connectivity index (χ1n) is 8.84. The minimum absolute atomic E-state index is 0.00544. The van der Waals surface area contributed by atoms with Gasteiger partial charge in [0.2, 0.25) is 5.43 Å². The van der Waals surface area contributed by atoms with Crippen LogP contribution in [0.2, 0.25) is 0 Å². The van der Waals surface area contributed by atoms with Crippen molar-refractivity contribution in [3.63, 3.8) is 0 Å². The molecular formula is C20H16FN3O3. The summed E-state index contributed by atoms with van der Waals surface area (Å²) < 4.78 is 16.6. The first-order valence-corrected chi connectivity index (χ1v) is 8.84. The van der Waals surface area contributed by atoms with Crippen LogP contribution in [-0.4, -0.2) is 20.6 Å². The van der Waals surface area contributed by atoms with E-state index >= 15 is 0 Å². The smallest absolute Gasteiger partial charge is 0.341 e. The molecular weight excluding hydrogens is 349 g/mol. The number of carboxylic acids is 1. The molecule has 27 heavy (non-hydrogen) atoms. The van der Waals surface area contributed by atoms with Gasteiger partial charge in [-0.2, -0.15) is 0 Å². The van der Waals surface area contributed by atoms with E-state index in [0.717, 1.165) is 37.6 Å². The van der Waals surface area contributed by atoms with Gasteiger partial charge in [-0.15, -0.1) is 0 Å². The Morgan fingerprint density at radius 3 is 2.74 bits per heavy atom. The average Bonchev–Trinajstić information content (AvgIpc) is 3.38. The molecule has 3 heterocycles. The summed E-state index contributed by atoms with van der Waals surface area (Å²) in [5, 5.41) is 12.6. The van der Waals surface area contributed by atoms with Crippen LogP contribution in [0.25, 0.3) is 22.3 Å². The summed E-state index contributed by atoms with van der Waals surface area (Å²) in [6, 6.07) is 6.92. The molecule has 2 aliphatic rings. The number of fused-ring (bicyclic) bond motifs is 2. The highest BCUT2D eigenvalue weighted by molar-refractivity contribution is 5.92. The van der Waals surface area contributed by atoms with Gasteiger partial charge in [-0.1, -0.05) is 12.1 Å². The molecule has 0 atom stereocenters. The first-order chi connectivity index (χ1) is 13.0. The number of carbonyl (C=O) groups is 1. The average molecular weight is 365 g/mol. The Bertz CT molecular complexity index is 1180. The van der Waals surface area contributed by atoms with Gasteiger partial charge in [0.15, 0.2) is 0 Å². The van der Waals surface area contributed by atoms with Crippen molar-refractivity contribution in [1.29, 1.82) is 0 Å². The van der Waals surface area contributed by atoms with Crippen LogP contribution in [0.15, 0.2) is 35.3 Å². The van der Waals surface area contributed by atoms with Crippen molar-refractivity contribution in [3.05, 3.63) is 63.2 Å². The highest BCUT2D eigenvalue weighted by Crippen LogP contribution is 2.37. The monoisotopic (exact) mass is 365 g/mol. The maximum atomic E-state index is 14.8. The van der Waals surface area contributed by atoms with Gasteiger partial charge >= 0.3 is 5.97 Å². The van der Waals surface area contributed by atoms with Crippen LogP contribution in [0.5, 0.6) is 0 Å². The Labute approximate surface area is 153 Å². The molecule has 7 heteroatoms. The van der Waals surface area contributed by atoms with Crippen LogP contribution in [0.1, 0.15) is 40.4 Å². The Balaban J connectivity index is 1.77. The van der Waals surface area contributed by atoms with Gasteiger partial charge in [-0.05, 0) is 36.1 Å². The normalized spacial score (nSPS) is 15.9. The number of hydrogen-bond donors (Lipinski definition) is 2. The predicted octanol–water partition coefficient (Wildman–Crippen LogP) is 2.84. The van der Waals surface area contributed by atoms with Crippen molar-refractivity contribution in [1.82, 2.24) is 14.9 Å². The van der Waals surface area contributed by atoms with Gasteiger partial charge in [0.25, 0.3) is 0 Å². The minimum Gasteiger partial charge on any atom is -0.477 e. The summed E-state index contributed by atoms with van der Waals surface area (Å²) in [4.78, 5) is 28.4. The number of aromatic nitrogens is 2. The zero-order chi connectivity index (χ0) is 18.7. The van der Waals surface area contributed by atoms with Crippen molar-refractivity contribution in [2.45, 2.75) is 32.0 Å². The summed E-state index contributed by atoms with van der Waals surface area (Å²) in [5.41, 5.74) is 2.39.